The number of carbonyl (C=O) groups is 5. The molecule has 1 saturated carbocycles. The molecule has 0 unspecified atom stereocenters. The molecule has 3 N–H and O–H groups in total. The van der Waals surface area contributed by atoms with Gasteiger partial charge in [0.25, 0.3) is 5.91 Å². The Kier molecular flexibility index (Phi) is 9.74. The highest BCUT2D eigenvalue weighted by molar-refractivity contribution is 5.97. The van der Waals surface area contributed by atoms with Crippen LogP contribution in [0.4, 0.5) is 4.79 Å². The molecule has 2 aromatic rings. The van der Waals surface area contributed by atoms with Gasteiger partial charge in [-0.25, -0.2) is 14.6 Å². The molecule has 6 rings (SSSR count). The number of carboxylic acid groups (broad SMARTS) is 1. The Hall–Kier alpha value is -4.74. The first-order valence-electron chi connectivity index (χ1n) is 17.6. The molecular formula is C38H47N5O7. The molecule has 12 heteroatoms. The number of rotatable bonds is 4. The van der Waals surface area contributed by atoms with Crippen molar-refractivity contribution in [3.8, 4) is 11.3 Å². The molecule has 6 atom stereocenters. The maximum Gasteiger partial charge on any atom is 0.408 e. The van der Waals surface area contributed by atoms with Crippen LogP contribution >= 0.6 is 0 Å². The van der Waals surface area contributed by atoms with E-state index in [-0.39, 0.29) is 42.9 Å². The van der Waals surface area contributed by atoms with Crippen molar-refractivity contribution in [3.63, 3.8) is 0 Å². The van der Waals surface area contributed by atoms with Crippen molar-refractivity contribution in [2.24, 2.45) is 17.8 Å². The molecule has 4 aliphatic rings. The summed E-state index contributed by atoms with van der Waals surface area (Å²) in [7, 11) is 0. The predicted molar refractivity (Wildman–Crippen MR) is 185 cm³/mol. The standard InChI is InChI=1S/C38H47N5O7/c1-23-12-10-13-24(18-23)28-16-11-17-29(39-28)33(45)42-20-25-21-43-31(27(25)22-42)32(44)41-38(35(47)48)19-26(38)14-8-6-5-7-9-15-30(34(43)46)40-36(49)50-37(2,3)4/h8,10-14,16-18,25-27,30-31H,5-7,9,15,19-22H2,1-4H3,(H,40,49)(H,41,44)(H,47,48)/b14-8-/t25-,26+,27-,30+,31-,38-/m0/s1. The number of fused-ring (bicyclic) bond motifs is 4. The third-order valence-corrected chi connectivity index (χ3v) is 10.2. The first-order valence-corrected chi connectivity index (χ1v) is 17.6. The van der Waals surface area contributed by atoms with Crippen LogP contribution < -0.4 is 10.6 Å². The molecule has 0 spiro atoms. The number of aryl methyl sites for hydroxylation is 1. The Morgan fingerprint density at radius 1 is 1.04 bits per heavy atom. The topological polar surface area (TPSA) is 158 Å². The van der Waals surface area contributed by atoms with Gasteiger partial charge < -0.3 is 30.3 Å². The molecule has 266 valence electrons. The number of hydrogen-bond acceptors (Lipinski definition) is 7. The molecule has 3 fully saturated rings. The summed E-state index contributed by atoms with van der Waals surface area (Å²) in [5, 5.41) is 15.8. The van der Waals surface area contributed by atoms with Crippen molar-refractivity contribution in [1.29, 1.82) is 0 Å². The van der Waals surface area contributed by atoms with Gasteiger partial charge in [0.05, 0.1) is 5.69 Å². The summed E-state index contributed by atoms with van der Waals surface area (Å²) in [6.07, 6.45) is 6.78. The number of benzene rings is 1. The van der Waals surface area contributed by atoms with Crippen LogP contribution in [0.15, 0.2) is 54.6 Å². The molecule has 12 nitrogen and oxygen atoms in total. The molecule has 1 aromatic carbocycles. The minimum absolute atomic E-state index is 0.179. The lowest BCUT2D eigenvalue weighted by Crippen LogP contribution is -2.58. The first-order chi connectivity index (χ1) is 23.8. The maximum atomic E-state index is 14.3. The van der Waals surface area contributed by atoms with Gasteiger partial charge in [-0.05, 0) is 71.6 Å². The number of aliphatic carboxylic acids is 1. The summed E-state index contributed by atoms with van der Waals surface area (Å²) in [4.78, 5) is 75.7. The van der Waals surface area contributed by atoms with Crippen molar-refractivity contribution in [2.45, 2.75) is 89.4 Å². The number of allylic oxidation sites excluding steroid dienone is 1. The van der Waals surface area contributed by atoms with E-state index in [0.29, 0.717) is 25.1 Å². The molecule has 2 saturated heterocycles. The van der Waals surface area contributed by atoms with Crippen molar-refractivity contribution in [3.05, 3.63) is 65.9 Å². The SMILES string of the molecule is Cc1cccc(-c2cccc(C(=O)N3C[C@H]4CN5C(=O)[C@H](NC(=O)OC(C)(C)C)CCCCC/C=C\[C@@H]6C[C@]6(C(=O)O)NC(=O)[C@@H]5[C@H]4C3)n2)c1. The summed E-state index contributed by atoms with van der Waals surface area (Å²) >= 11 is 0. The maximum absolute atomic E-state index is 14.3. The first kappa shape index (κ1) is 35.1. The van der Waals surface area contributed by atoms with Crippen LogP contribution in [0.5, 0.6) is 0 Å². The highest BCUT2D eigenvalue weighted by Crippen LogP contribution is 2.46. The molecule has 3 aliphatic heterocycles. The average Bonchev–Trinajstić information content (AvgIpc) is 3.41. The van der Waals surface area contributed by atoms with Gasteiger partial charge in [-0.15, -0.1) is 0 Å². The van der Waals surface area contributed by atoms with Gasteiger partial charge in [-0.3, -0.25) is 14.4 Å². The number of hydrogen-bond donors (Lipinski definition) is 3. The third-order valence-electron chi connectivity index (χ3n) is 10.2. The summed E-state index contributed by atoms with van der Waals surface area (Å²) in [5.41, 5.74) is 0.696. The summed E-state index contributed by atoms with van der Waals surface area (Å²) in [5.74, 6) is -3.42. The number of nitrogens with zero attached hydrogens (tertiary/aromatic N) is 3. The van der Waals surface area contributed by atoms with Crippen LogP contribution in [-0.2, 0) is 19.1 Å². The van der Waals surface area contributed by atoms with Gasteiger partial charge >= 0.3 is 12.1 Å². The van der Waals surface area contributed by atoms with Crippen molar-refractivity contribution in [2.75, 3.05) is 19.6 Å². The second kappa shape index (κ2) is 13.9. The summed E-state index contributed by atoms with van der Waals surface area (Å²) in [6, 6.07) is 11.2. The van der Waals surface area contributed by atoms with E-state index in [0.717, 1.165) is 30.4 Å². The van der Waals surface area contributed by atoms with E-state index in [1.165, 1.54) is 4.90 Å². The molecule has 1 aliphatic carbocycles. The zero-order chi connectivity index (χ0) is 35.8. The minimum atomic E-state index is -1.46. The molecule has 0 radical (unpaired) electrons. The molecule has 0 bridgehead atoms. The third kappa shape index (κ3) is 7.39. The number of carboxylic acids is 1. The Morgan fingerprint density at radius 3 is 2.56 bits per heavy atom. The summed E-state index contributed by atoms with van der Waals surface area (Å²) in [6.45, 7) is 7.88. The second-order valence-corrected chi connectivity index (χ2v) is 15.2. The zero-order valence-electron chi connectivity index (χ0n) is 29.2. The normalized spacial score (nSPS) is 29.0. The van der Waals surface area contributed by atoms with Gasteiger partial charge in [-0.1, -0.05) is 54.8 Å². The lowest BCUT2D eigenvalue weighted by atomic mass is 9.93. The van der Waals surface area contributed by atoms with Gasteiger partial charge in [0.2, 0.25) is 11.8 Å². The van der Waals surface area contributed by atoms with E-state index in [9.17, 15) is 29.1 Å². The van der Waals surface area contributed by atoms with E-state index in [1.807, 2.05) is 49.4 Å². The number of amides is 4. The number of likely N-dealkylation sites (tertiary alicyclic amines) is 1. The lowest BCUT2D eigenvalue weighted by molar-refractivity contribution is -0.146. The van der Waals surface area contributed by atoms with Crippen molar-refractivity contribution in [1.82, 2.24) is 25.4 Å². The highest BCUT2D eigenvalue weighted by Gasteiger charge is 2.62. The number of alkyl carbamates (subject to hydrolysis) is 1. The Balaban J connectivity index is 1.27. The quantitative estimate of drug-likeness (QED) is 0.402. The average molecular weight is 686 g/mol. The molecule has 50 heavy (non-hydrogen) atoms. The fraction of sp³-hybridized carbons (Fsp3) is 0.526. The number of aromatic nitrogens is 1. The molecule has 4 amide bonds. The van der Waals surface area contributed by atoms with Crippen LogP contribution in [-0.4, -0.2) is 92.5 Å². The zero-order valence-corrected chi connectivity index (χ0v) is 29.2. The van der Waals surface area contributed by atoms with Crippen LogP contribution in [0.2, 0.25) is 0 Å². The van der Waals surface area contributed by atoms with E-state index in [2.05, 4.69) is 15.6 Å². The number of nitrogens with one attached hydrogen (secondary N) is 2. The molecular weight excluding hydrogens is 638 g/mol. The van der Waals surface area contributed by atoms with E-state index < -0.39 is 53.0 Å². The largest absolute Gasteiger partial charge is 0.479 e. The second-order valence-electron chi connectivity index (χ2n) is 15.2. The Labute approximate surface area is 292 Å². The minimum Gasteiger partial charge on any atom is -0.479 e. The number of pyridine rings is 1. The van der Waals surface area contributed by atoms with E-state index >= 15 is 0 Å². The van der Waals surface area contributed by atoms with Crippen molar-refractivity contribution >= 4 is 29.8 Å². The Morgan fingerprint density at radius 2 is 1.82 bits per heavy atom. The van der Waals surface area contributed by atoms with Crippen LogP contribution in [0.3, 0.4) is 0 Å². The molecule has 1 aromatic heterocycles. The van der Waals surface area contributed by atoms with Crippen LogP contribution in [0.1, 0.15) is 75.3 Å². The van der Waals surface area contributed by atoms with Crippen LogP contribution in [0.25, 0.3) is 11.3 Å². The highest BCUT2D eigenvalue weighted by atomic mass is 16.6. The number of carbonyl (C=O) groups excluding carboxylic acids is 4. The molecule has 4 heterocycles. The van der Waals surface area contributed by atoms with E-state index in [1.54, 1.807) is 37.8 Å². The van der Waals surface area contributed by atoms with Gasteiger partial charge in [0.15, 0.2) is 0 Å². The fourth-order valence-corrected chi connectivity index (χ4v) is 7.67. The van der Waals surface area contributed by atoms with Gasteiger partial charge in [-0.2, -0.15) is 0 Å². The monoisotopic (exact) mass is 685 g/mol. The number of ether oxygens (including phenoxy) is 1. The van der Waals surface area contributed by atoms with E-state index in [4.69, 9.17) is 4.74 Å². The smallest absolute Gasteiger partial charge is 0.408 e. The van der Waals surface area contributed by atoms with Crippen molar-refractivity contribution < 1.29 is 33.8 Å². The predicted octanol–water partition coefficient (Wildman–Crippen LogP) is 4.33. The van der Waals surface area contributed by atoms with Gasteiger partial charge in [0.1, 0.15) is 28.9 Å². The Bertz CT molecular complexity index is 1700. The van der Waals surface area contributed by atoms with Gasteiger partial charge in [0, 0.05) is 43.0 Å². The fourth-order valence-electron chi connectivity index (χ4n) is 7.67. The van der Waals surface area contributed by atoms with Crippen LogP contribution in [0, 0.1) is 24.7 Å². The lowest BCUT2D eigenvalue weighted by Gasteiger charge is -2.33. The summed E-state index contributed by atoms with van der Waals surface area (Å²) < 4.78 is 5.48.